The molecular weight excluding hydrogens is 466 g/mol. The molecule has 1 aliphatic rings. The van der Waals surface area contributed by atoms with Gasteiger partial charge in [0, 0.05) is 16.9 Å². The van der Waals surface area contributed by atoms with Crippen LogP contribution in [0, 0.1) is 20.8 Å². The van der Waals surface area contributed by atoms with Gasteiger partial charge in [0.25, 0.3) is 0 Å². The molecule has 2 aromatic carbocycles. The Hall–Kier alpha value is -1.29. The third-order valence-electron chi connectivity index (χ3n) is 5.75. The van der Waals surface area contributed by atoms with Crippen molar-refractivity contribution in [2.75, 3.05) is 0 Å². The minimum absolute atomic E-state index is 0. The van der Waals surface area contributed by atoms with E-state index in [1.807, 2.05) is 13.8 Å². The normalized spacial score (nSPS) is 14.1. The van der Waals surface area contributed by atoms with Crippen LogP contribution < -0.4 is 0 Å². The largest absolute Gasteiger partial charge is 4.00 e. The summed E-state index contributed by atoms with van der Waals surface area (Å²) in [7, 11) is 0. The van der Waals surface area contributed by atoms with Gasteiger partial charge in [-0.05, 0) is 26.7 Å². The van der Waals surface area contributed by atoms with E-state index >= 15 is 0 Å². The second-order valence-corrected chi connectivity index (χ2v) is 8.54. The molecule has 2 aromatic rings. The van der Waals surface area contributed by atoms with E-state index in [2.05, 4.69) is 55.6 Å². The van der Waals surface area contributed by atoms with Crippen molar-refractivity contribution >= 4 is 27.6 Å². The molecule has 0 unspecified atom stereocenters. The van der Waals surface area contributed by atoms with Crippen LogP contribution in [-0.2, 0) is 26.5 Å². The van der Waals surface area contributed by atoms with Crippen LogP contribution in [0.25, 0.3) is 16.5 Å². The van der Waals surface area contributed by atoms with Crippen molar-refractivity contribution in [2.24, 2.45) is 5.92 Å². The number of amides is 1. The molecule has 0 spiro atoms. The van der Waals surface area contributed by atoms with Gasteiger partial charge in [-0.2, -0.15) is 17.5 Å². The van der Waals surface area contributed by atoms with Crippen molar-refractivity contribution in [2.45, 2.75) is 84.5 Å². The Morgan fingerprint density at radius 2 is 1.24 bits per heavy atom. The van der Waals surface area contributed by atoms with Crippen LogP contribution in [0.15, 0.2) is 66.8 Å². The van der Waals surface area contributed by atoms with Crippen molar-refractivity contribution in [1.29, 1.82) is 0 Å². The quantitative estimate of drug-likeness (QED) is 0.224. The van der Waals surface area contributed by atoms with Crippen LogP contribution >= 0.6 is 0 Å². The first kappa shape index (κ1) is 39.9. The minimum atomic E-state index is -0.327. The van der Waals surface area contributed by atoms with Crippen LogP contribution in [0.4, 0.5) is 0 Å². The summed E-state index contributed by atoms with van der Waals surface area (Å²) in [5.41, 5.74) is 9.36. The number of benzene rings is 1. The van der Waals surface area contributed by atoms with Gasteiger partial charge >= 0.3 is 21.7 Å². The Labute approximate surface area is 231 Å². The fourth-order valence-corrected chi connectivity index (χ4v) is 3.50. The monoisotopic (exact) mass is 513 g/mol. The van der Waals surface area contributed by atoms with Gasteiger partial charge in [-0.25, -0.2) is 0 Å². The van der Waals surface area contributed by atoms with Crippen molar-refractivity contribution in [3.63, 3.8) is 0 Å². The predicted molar refractivity (Wildman–Crippen MR) is 151 cm³/mol. The predicted octanol–water partition coefficient (Wildman–Crippen LogP) is 9.70. The number of carbonyl (C=O) groups excluding carboxylic acids is 1. The Bertz CT molecular complexity index is 714. The van der Waals surface area contributed by atoms with E-state index in [4.69, 9.17) is 5.73 Å². The number of hydrogen-bond acceptors (Lipinski definition) is 1. The maximum absolute atomic E-state index is 11.1. The summed E-state index contributed by atoms with van der Waals surface area (Å²) in [6, 6.07) is 14.7. The van der Waals surface area contributed by atoms with Gasteiger partial charge in [0.05, 0.1) is 5.91 Å². The molecule has 4 heteroatoms. The number of fused-ring (bicyclic) bond motifs is 1. The number of nitrogens with one attached hydrogen (secondary N) is 1. The molecule has 0 saturated heterocycles. The number of allylic oxidation sites excluding steroid dienone is 2. The molecule has 4 radical (unpaired) electrons. The molecule has 1 amide bonds. The minimum Gasteiger partial charge on any atom is -0.668 e. The van der Waals surface area contributed by atoms with Gasteiger partial charge < -0.3 is 25.4 Å². The van der Waals surface area contributed by atoms with Gasteiger partial charge in [-0.1, -0.05) is 88.2 Å². The maximum atomic E-state index is 11.1. The topological polar surface area (TPSA) is 40.9 Å². The SMILES string of the molecule is C=C(C)C(=C)C.[CH3-].[CH3-].[NH-]C(=O)C1CCCCCCCCCCC1.[Si].[Ti+4].c1ccc2[cH-]ccc2c1. The summed E-state index contributed by atoms with van der Waals surface area (Å²) < 4.78 is 0. The molecule has 0 atom stereocenters. The maximum Gasteiger partial charge on any atom is 4.00 e. The number of hydrogen-bond donors (Lipinski definition) is 0. The first-order valence-electron chi connectivity index (χ1n) is 11.6. The van der Waals surface area contributed by atoms with E-state index in [1.54, 1.807) is 0 Å². The number of rotatable bonds is 2. The molecule has 1 N–H and O–H groups in total. The summed E-state index contributed by atoms with van der Waals surface area (Å²) in [6.45, 7) is 11.2. The first-order chi connectivity index (χ1) is 14.4. The summed E-state index contributed by atoms with van der Waals surface area (Å²) >= 11 is 0. The van der Waals surface area contributed by atoms with Crippen LogP contribution in [0.5, 0.6) is 0 Å². The Morgan fingerprint density at radius 3 is 1.62 bits per heavy atom. The standard InChI is InChI=1S/C13H25NO.C9H7.C6H10.2CH3.Si.Ti/c14-13(15)12-10-8-6-4-2-1-3-5-7-9-11-12;1-2-5-9-7-3-6-8(9)4-1;1-5(2)6(3)4;;;;/h12H,1-11H2,(H2,14,15);1-7H;1,3H2,2,4H3;2*1H3;;/q;-1;;2*-1;;+4/p-1. The molecule has 186 valence electrons. The van der Waals surface area contributed by atoms with E-state index in [-0.39, 0.29) is 59.4 Å². The number of carbonyl (C=O) groups is 1. The van der Waals surface area contributed by atoms with Gasteiger partial charge in [0.2, 0.25) is 0 Å². The van der Waals surface area contributed by atoms with Crippen LogP contribution in [0.3, 0.4) is 0 Å². The zero-order valence-corrected chi connectivity index (χ0v) is 24.8. The van der Waals surface area contributed by atoms with E-state index in [0.717, 1.165) is 36.8 Å². The zero-order valence-electron chi connectivity index (χ0n) is 22.2. The summed E-state index contributed by atoms with van der Waals surface area (Å²) in [5.74, 6) is -0.281. The molecule has 1 saturated carbocycles. The molecule has 0 bridgehead atoms. The van der Waals surface area contributed by atoms with Crippen molar-refractivity contribution in [3.8, 4) is 0 Å². The Kier molecular flexibility index (Phi) is 29.1. The smallest absolute Gasteiger partial charge is 0.668 e. The molecule has 2 nitrogen and oxygen atoms in total. The van der Waals surface area contributed by atoms with Gasteiger partial charge in [0.15, 0.2) is 0 Å². The van der Waals surface area contributed by atoms with Crippen LogP contribution in [0.1, 0.15) is 84.5 Å². The fourth-order valence-electron chi connectivity index (χ4n) is 3.50. The second kappa shape index (κ2) is 24.8. The van der Waals surface area contributed by atoms with Gasteiger partial charge in [-0.3, -0.25) is 0 Å². The Balaban J connectivity index is -0.000000205. The third kappa shape index (κ3) is 19.1. The van der Waals surface area contributed by atoms with E-state index in [0.29, 0.717) is 0 Å². The fraction of sp³-hybridized carbons (Fsp3) is 0.467. The van der Waals surface area contributed by atoms with Crippen LogP contribution in [0.2, 0.25) is 0 Å². The van der Waals surface area contributed by atoms with Gasteiger partial charge in [0.1, 0.15) is 0 Å². The molecule has 0 aliphatic heterocycles. The van der Waals surface area contributed by atoms with E-state index in [9.17, 15) is 4.79 Å². The summed E-state index contributed by atoms with van der Waals surface area (Å²) in [4.78, 5) is 11.1. The second-order valence-electron chi connectivity index (χ2n) is 8.54. The van der Waals surface area contributed by atoms with Crippen molar-refractivity contribution in [3.05, 3.63) is 87.4 Å². The molecule has 3 rings (SSSR count). The van der Waals surface area contributed by atoms with Crippen LogP contribution in [-0.4, -0.2) is 16.9 Å². The molecule has 34 heavy (non-hydrogen) atoms. The van der Waals surface area contributed by atoms with E-state index in [1.165, 1.54) is 55.7 Å². The summed E-state index contributed by atoms with van der Waals surface area (Å²) in [6.07, 6.45) is 13.5. The van der Waals surface area contributed by atoms with E-state index < -0.39 is 0 Å². The average Bonchev–Trinajstić information content (AvgIpc) is 3.18. The average molecular weight is 514 g/mol. The summed E-state index contributed by atoms with van der Waals surface area (Å²) in [5, 5.41) is 2.66. The molecule has 0 heterocycles. The van der Waals surface area contributed by atoms with Crippen molar-refractivity contribution < 1.29 is 26.5 Å². The Morgan fingerprint density at radius 1 is 0.824 bits per heavy atom. The molecular formula is C30H47NOSiTi. The molecule has 1 fully saturated rings. The zero-order chi connectivity index (χ0) is 22.2. The van der Waals surface area contributed by atoms with Crippen molar-refractivity contribution in [1.82, 2.24) is 0 Å². The third-order valence-corrected chi connectivity index (χ3v) is 5.75. The first-order valence-corrected chi connectivity index (χ1v) is 11.6. The molecule has 0 aromatic heterocycles. The molecule has 1 aliphatic carbocycles. The van der Waals surface area contributed by atoms with Gasteiger partial charge in [-0.15, -0.1) is 29.7 Å².